The van der Waals surface area contributed by atoms with Crippen LogP contribution in [-0.4, -0.2) is 31.9 Å². The standard InChI is InChI=1S/C12H17NO2/c1-15-11-4-2-3-9(5-11)12-7-13-6-10(12)8-14/h2-5,10,12-14H,6-8H2,1H3/t10-,12-/m0/s1. The molecule has 0 amide bonds. The van der Waals surface area contributed by atoms with Gasteiger partial charge in [0.1, 0.15) is 5.75 Å². The molecule has 1 fully saturated rings. The van der Waals surface area contributed by atoms with Crippen LogP contribution in [0.3, 0.4) is 0 Å². The summed E-state index contributed by atoms with van der Waals surface area (Å²) >= 11 is 0. The minimum absolute atomic E-state index is 0.245. The highest BCUT2D eigenvalue weighted by molar-refractivity contribution is 5.32. The van der Waals surface area contributed by atoms with Crippen molar-refractivity contribution < 1.29 is 9.84 Å². The molecule has 1 heterocycles. The Morgan fingerprint density at radius 2 is 2.33 bits per heavy atom. The van der Waals surface area contributed by atoms with Gasteiger partial charge in [-0.15, -0.1) is 0 Å². The van der Waals surface area contributed by atoms with Crippen molar-refractivity contribution in [3.63, 3.8) is 0 Å². The molecule has 1 aliphatic rings. The monoisotopic (exact) mass is 207 g/mol. The Kier molecular flexibility index (Phi) is 3.23. The zero-order valence-electron chi connectivity index (χ0n) is 8.94. The van der Waals surface area contributed by atoms with Crippen molar-refractivity contribution in [3.8, 4) is 5.75 Å². The summed E-state index contributed by atoms with van der Waals surface area (Å²) in [7, 11) is 1.68. The lowest BCUT2D eigenvalue weighted by Crippen LogP contribution is -2.14. The number of hydrogen-bond donors (Lipinski definition) is 2. The fourth-order valence-corrected chi connectivity index (χ4v) is 2.19. The van der Waals surface area contributed by atoms with Crippen molar-refractivity contribution >= 4 is 0 Å². The highest BCUT2D eigenvalue weighted by Crippen LogP contribution is 2.29. The molecule has 1 aromatic carbocycles. The highest BCUT2D eigenvalue weighted by Gasteiger charge is 2.27. The number of nitrogens with one attached hydrogen (secondary N) is 1. The molecule has 2 N–H and O–H groups in total. The molecule has 3 nitrogen and oxygen atoms in total. The Morgan fingerprint density at radius 3 is 3.07 bits per heavy atom. The summed E-state index contributed by atoms with van der Waals surface area (Å²) in [5, 5.41) is 12.6. The smallest absolute Gasteiger partial charge is 0.119 e. The van der Waals surface area contributed by atoms with Crippen LogP contribution in [0.5, 0.6) is 5.75 Å². The molecule has 1 aromatic rings. The Hall–Kier alpha value is -1.06. The van der Waals surface area contributed by atoms with Gasteiger partial charge in [-0.25, -0.2) is 0 Å². The van der Waals surface area contributed by atoms with E-state index in [4.69, 9.17) is 4.74 Å². The highest BCUT2D eigenvalue weighted by atomic mass is 16.5. The topological polar surface area (TPSA) is 41.5 Å². The number of ether oxygens (including phenoxy) is 1. The van der Waals surface area contributed by atoms with Gasteiger partial charge in [-0.2, -0.15) is 0 Å². The molecule has 0 unspecified atom stereocenters. The minimum atomic E-state index is 0.245. The predicted octanol–water partition coefficient (Wildman–Crippen LogP) is 0.990. The predicted molar refractivity (Wildman–Crippen MR) is 59.2 cm³/mol. The average molecular weight is 207 g/mol. The van der Waals surface area contributed by atoms with Gasteiger partial charge in [-0.1, -0.05) is 12.1 Å². The summed E-state index contributed by atoms with van der Waals surface area (Å²) < 4.78 is 5.20. The molecule has 1 aliphatic heterocycles. The summed E-state index contributed by atoms with van der Waals surface area (Å²) in [5.41, 5.74) is 1.25. The van der Waals surface area contributed by atoms with Crippen LogP contribution in [0, 0.1) is 5.92 Å². The summed E-state index contributed by atoms with van der Waals surface area (Å²) in [6.45, 7) is 2.09. The van der Waals surface area contributed by atoms with Gasteiger partial charge in [0.2, 0.25) is 0 Å². The van der Waals surface area contributed by atoms with Gasteiger partial charge < -0.3 is 15.2 Å². The molecule has 3 heteroatoms. The summed E-state index contributed by atoms with van der Waals surface area (Å²) in [6, 6.07) is 8.10. The van der Waals surface area contributed by atoms with Crippen molar-refractivity contribution in [1.29, 1.82) is 0 Å². The van der Waals surface area contributed by atoms with Gasteiger partial charge in [0.25, 0.3) is 0 Å². The number of benzene rings is 1. The lowest BCUT2D eigenvalue weighted by Gasteiger charge is -2.17. The normalized spacial score (nSPS) is 25.5. The Balaban J connectivity index is 2.20. The van der Waals surface area contributed by atoms with Crippen LogP contribution in [-0.2, 0) is 0 Å². The Bertz CT molecular complexity index is 327. The number of aliphatic hydroxyl groups is 1. The molecule has 0 spiro atoms. The van der Waals surface area contributed by atoms with Gasteiger partial charge in [0, 0.05) is 31.5 Å². The Morgan fingerprint density at radius 1 is 1.47 bits per heavy atom. The van der Waals surface area contributed by atoms with Crippen LogP contribution in [0.25, 0.3) is 0 Å². The molecule has 1 saturated heterocycles. The summed E-state index contributed by atoms with van der Waals surface area (Å²) in [6.07, 6.45) is 0. The number of hydrogen-bond acceptors (Lipinski definition) is 3. The zero-order chi connectivity index (χ0) is 10.7. The van der Waals surface area contributed by atoms with Crippen molar-refractivity contribution in [1.82, 2.24) is 5.32 Å². The maximum atomic E-state index is 9.25. The van der Waals surface area contributed by atoms with Crippen LogP contribution in [0.2, 0.25) is 0 Å². The molecule has 0 aromatic heterocycles. The number of methoxy groups -OCH3 is 1. The van der Waals surface area contributed by atoms with Crippen LogP contribution in [0.4, 0.5) is 0 Å². The largest absolute Gasteiger partial charge is 0.497 e. The lowest BCUT2D eigenvalue weighted by molar-refractivity contribution is 0.226. The van der Waals surface area contributed by atoms with Crippen LogP contribution in [0.1, 0.15) is 11.5 Å². The maximum Gasteiger partial charge on any atom is 0.119 e. The molecular formula is C12H17NO2. The molecule has 0 bridgehead atoms. The summed E-state index contributed by atoms with van der Waals surface area (Å²) in [5.74, 6) is 1.62. The molecule has 2 atom stereocenters. The lowest BCUT2D eigenvalue weighted by atomic mass is 9.89. The fourth-order valence-electron chi connectivity index (χ4n) is 2.19. The van der Waals surface area contributed by atoms with Gasteiger partial charge >= 0.3 is 0 Å². The first-order valence-electron chi connectivity index (χ1n) is 5.30. The SMILES string of the molecule is COc1cccc([C@@H]2CNC[C@H]2CO)c1. The zero-order valence-corrected chi connectivity index (χ0v) is 8.94. The van der Waals surface area contributed by atoms with E-state index in [2.05, 4.69) is 17.4 Å². The third kappa shape index (κ3) is 2.13. The van der Waals surface area contributed by atoms with Gasteiger partial charge in [0.05, 0.1) is 7.11 Å². The molecule has 0 aliphatic carbocycles. The van der Waals surface area contributed by atoms with E-state index in [0.717, 1.165) is 18.8 Å². The third-order valence-corrected chi connectivity index (χ3v) is 3.10. The van der Waals surface area contributed by atoms with E-state index in [1.165, 1.54) is 5.56 Å². The van der Waals surface area contributed by atoms with Crippen molar-refractivity contribution in [2.45, 2.75) is 5.92 Å². The maximum absolute atomic E-state index is 9.25. The van der Waals surface area contributed by atoms with Gasteiger partial charge in [-0.05, 0) is 17.7 Å². The van der Waals surface area contributed by atoms with E-state index in [1.807, 2.05) is 12.1 Å². The third-order valence-electron chi connectivity index (χ3n) is 3.10. The molecule has 15 heavy (non-hydrogen) atoms. The number of rotatable bonds is 3. The van der Waals surface area contributed by atoms with E-state index in [9.17, 15) is 5.11 Å². The second kappa shape index (κ2) is 4.64. The molecular weight excluding hydrogens is 190 g/mol. The first-order valence-corrected chi connectivity index (χ1v) is 5.30. The van der Waals surface area contributed by atoms with Crippen LogP contribution < -0.4 is 10.1 Å². The number of aliphatic hydroxyl groups excluding tert-OH is 1. The molecule has 2 rings (SSSR count). The first-order chi connectivity index (χ1) is 7.35. The van der Waals surface area contributed by atoms with Gasteiger partial charge in [-0.3, -0.25) is 0 Å². The van der Waals surface area contributed by atoms with E-state index in [0.29, 0.717) is 11.8 Å². The Labute approximate surface area is 90.1 Å². The van der Waals surface area contributed by atoms with E-state index >= 15 is 0 Å². The van der Waals surface area contributed by atoms with Crippen molar-refractivity contribution in [3.05, 3.63) is 29.8 Å². The van der Waals surface area contributed by atoms with Gasteiger partial charge in [0.15, 0.2) is 0 Å². The van der Waals surface area contributed by atoms with E-state index < -0.39 is 0 Å². The van der Waals surface area contributed by atoms with Crippen molar-refractivity contribution in [2.75, 3.05) is 26.8 Å². The van der Waals surface area contributed by atoms with E-state index in [1.54, 1.807) is 7.11 Å². The molecule has 0 saturated carbocycles. The van der Waals surface area contributed by atoms with Crippen molar-refractivity contribution in [2.24, 2.45) is 5.92 Å². The molecule has 0 radical (unpaired) electrons. The molecule has 82 valence electrons. The quantitative estimate of drug-likeness (QED) is 0.776. The summed E-state index contributed by atoms with van der Waals surface area (Å²) in [4.78, 5) is 0. The second-order valence-electron chi connectivity index (χ2n) is 3.98. The average Bonchev–Trinajstić information content (AvgIpc) is 2.77. The van der Waals surface area contributed by atoms with Crippen LogP contribution in [0.15, 0.2) is 24.3 Å². The van der Waals surface area contributed by atoms with Crippen LogP contribution >= 0.6 is 0 Å². The first kappa shape index (κ1) is 10.5. The fraction of sp³-hybridized carbons (Fsp3) is 0.500. The second-order valence-corrected chi connectivity index (χ2v) is 3.98. The minimum Gasteiger partial charge on any atom is -0.497 e. The van der Waals surface area contributed by atoms with E-state index in [-0.39, 0.29) is 6.61 Å².